The third-order valence-electron chi connectivity index (χ3n) is 4.02. The molecule has 2 N–H and O–H groups in total. The highest BCUT2D eigenvalue weighted by molar-refractivity contribution is 5.94. The lowest BCUT2D eigenvalue weighted by molar-refractivity contribution is 0.0600. The van der Waals surface area contributed by atoms with Crippen LogP contribution in [-0.2, 0) is 17.7 Å². The highest BCUT2D eigenvalue weighted by atomic mass is 16.5. The molecule has 2 aromatic rings. The average Bonchev–Trinajstić information content (AvgIpc) is 2.92. The van der Waals surface area contributed by atoms with Crippen LogP contribution in [0.1, 0.15) is 32.1 Å². The molecule has 0 bridgehead atoms. The van der Waals surface area contributed by atoms with E-state index in [4.69, 9.17) is 10.5 Å². The Balaban J connectivity index is 2.21. The van der Waals surface area contributed by atoms with E-state index in [9.17, 15) is 9.59 Å². The number of likely N-dealkylation sites (N-methyl/N-ethyl adjacent to an activating group) is 1. The molecule has 0 spiro atoms. The van der Waals surface area contributed by atoms with E-state index in [2.05, 4.69) is 10.00 Å². The summed E-state index contributed by atoms with van der Waals surface area (Å²) in [6.07, 6.45) is 0.724. The fourth-order valence-corrected chi connectivity index (χ4v) is 2.89. The van der Waals surface area contributed by atoms with E-state index in [1.165, 1.54) is 7.11 Å². The third-order valence-corrected chi connectivity index (χ3v) is 4.02. The predicted molar refractivity (Wildman–Crippen MR) is 83.5 cm³/mol. The van der Waals surface area contributed by atoms with Crippen molar-refractivity contribution in [3.05, 3.63) is 46.8 Å². The average molecular weight is 314 g/mol. The standard InChI is InChI=1S/C16H18N4O3/c1-19-8-7-13-11(9-19)14(15(17)21)18-20(13)12-6-4-3-5-10(12)16(22)23-2/h3-6H,7-9H2,1-2H3,(H2,17,21). The molecule has 1 aromatic carbocycles. The lowest BCUT2D eigenvalue weighted by atomic mass is 10.0. The zero-order valence-electron chi connectivity index (χ0n) is 13.1. The van der Waals surface area contributed by atoms with Gasteiger partial charge in [0.25, 0.3) is 5.91 Å². The number of fused-ring (bicyclic) bond motifs is 1. The minimum atomic E-state index is -0.564. The third kappa shape index (κ3) is 2.59. The fraction of sp³-hybridized carbons (Fsp3) is 0.312. The molecule has 0 fully saturated rings. The number of esters is 1. The summed E-state index contributed by atoms with van der Waals surface area (Å²) in [5.74, 6) is -1.01. The monoisotopic (exact) mass is 314 g/mol. The van der Waals surface area contributed by atoms with Crippen LogP contribution >= 0.6 is 0 Å². The lowest BCUT2D eigenvalue weighted by Crippen LogP contribution is -2.28. The summed E-state index contributed by atoms with van der Waals surface area (Å²) in [4.78, 5) is 25.8. The molecule has 0 atom stereocenters. The summed E-state index contributed by atoms with van der Waals surface area (Å²) in [5, 5.41) is 4.38. The zero-order valence-corrected chi connectivity index (χ0v) is 13.1. The summed E-state index contributed by atoms with van der Waals surface area (Å²) in [6, 6.07) is 7.03. The molecule has 1 aliphatic rings. The van der Waals surface area contributed by atoms with Crippen LogP contribution in [0.15, 0.2) is 24.3 Å². The van der Waals surface area contributed by atoms with Crippen LogP contribution < -0.4 is 5.73 Å². The maximum absolute atomic E-state index is 12.0. The molecule has 2 heterocycles. The maximum atomic E-state index is 12.0. The van der Waals surface area contributed by atoms with Crippen molar-refractivity contribution in [1.29, 1.82) is 0 Å². The number of primary amides is 1. The van der Waals surface area contributed by atoms with Crippen LogP contribution in [0.5, 0.6) is 0 Å². The Hall–Kier alpha value is -2.67. The molecule has 7 nitrogen and oxygen atoms in total. The smallest absolute Gasteiger partial charge is 0.340 e. The lowest BCUT2D eigenvalue weighted by Gasteiger charge is -2.23. The number of methoxy groups -OCH3 is 1. The second kappa shape index (κ2) is 5.85. The molecular formula is C16H18N4O3. The van der Waals surface area contributed by atoms with E-state index in [1.807, 2.05) is 13.1 Å². The zero-order chi connectivity index (χ0) is 16.6. The van der Waals surface area contributed by atoms with Crippen molar-refractivity contribution in [2.75, 3.05) is 20.7 Å². The van der Waals surface area contributed by atoms with Gasteiger partial charge < -0.3 is 15.4 Å². The van der Waals surface area contributed by atoms with Gasteiger partial charge in [0, 0.05) is 25.1 Å². The number of benzene rings is 1. The van der Waals surface area contributed by atoms with Crippen molar-refractivity contribution in [3.63, 3.8) is 0 Å². The topological polar surface area (TPSA) is 90.5 Å². The number of hydrogen-bond donors (Lipinski definition) is 1. The van der Waals surface area contributed by atoms with Gasteiger partial charge in [-0.15, -0.1) is 0 Å². The minimum absolute atomic E-state index is 0.256. The molecule has 1 aromatic heterocycles. The van der Waals surface area contributed by atoms with E-state index in [0.717, 1.165) is 24.2 Å². The number of hydrogen-bond acceptors (Lipinski definition) is 5. The van der Waals surface area contributed by atoms with Gasteiger partial charge >= 0.3 is 5.97 Å². The Labute approximate surface area is 133 Å². The van der Waals surface area contributed by atoms with Crippen LogP contribution in [0.4, 0.5) is 0 Å². The first-order valence-electron chi connectivity index (χ1n) is 7.29. The Morgan fingerprint density at radius 2 is 2.04 bits per heavy atom. The normalized spacial score (nSPS) is 14.3. The maximum Gasteiger partial charge on any atom is 0.340 e. The Bertz CT molecular complexity index is 782. The van der Waals surface area contributed by atoms with E-state index < -0.39 is 11.9 Å². The summed E-state index contributed by atoms with van der Waals surface area (Å²) in [6.45, 7) is 1.45. The summed E-state index contributed by atoms with van der Waals surface area (Å²) in [5.41, 5.74) is 8.45. The molecule has 23 heavy (non-hydrogen) atoms. The van der Waals surface area contributed by atoms with Gasteiger partial charge in [-0.1, -0.05) is 12.1 Å². The molecule has 1 aliphatic heterocycles. The van der Waals surface area contributed by atoms with Gasteiger partial charge in [0.05, 0.1) is 24.1 Å². The van der Waals surface area contributed by atoms with Gasteiger partial charge in [0.2, 0.25) is 0 Å². The number of nitrogens with two attached hydrogens (primary N) is 1. The molecule has 0 aliphatic carbocycles. The first-order chi connectivity index (χ1) is 11.0. The largest absolute Gasteiger partial charge is 0.465 e. The number of aromatic nitrogens is 2. The van der Waals surface area contributed by atoms with Gasteiger partial charge in [0.1, 0.15) is 0 Å². The molecule has 1 amide bonds. The predicted octanol–water partition coefficient (Wildman–Crippen LogP) is 0.746. The van der Waals surface area contributed by atoms with E-state index in [-0.39, 0.29) is 5.69 Å². The number of carbonyl (C=O) groups is 2. The molecule has 0 saturated carbocycles. The first kappa shape index (κ1) is 15.2. The number of amides is 1. The number of nitrogens with zero attached hydrogens (tertiary/aromatic N) is 3. The van der Waals surface area contributed by atoms with E-state index in [1.54, 1.807) is 22.9 Å². The Morgan fingerprint density at radius 3 is 2.74 bits per heavy atom. The highest BCUT2D eigenvalue weighted by Crippen LogP contribution is 2.26. The Kier molecular flexibility index (Phi) is 3.87. The van der Waals surface area contributed by atoms with Crippen molar-refractivity contribution in [2.45, 2.75) is 13.0 Å². The summed E-state index contributed by atoms with van der Waals surface area (Å²) < 4.78 is 6.48. The second-order valence-corrected chi connectivity index (χ2v) is 5.55. The van der Waals surface area contributed by atoms with Gasteiger partial charge in [-0.05, 0) is 19.2 Å². The van der Waals surface area contributed by atoms with Crippen LogP contribution in [0.25, 0.3) is 5.69 Å². The van der Waals surface area contributed by atoms with Crippen molar-refractivity contribution in [1.82, 2.24) is 14.7 Å². The van der Waals surface area contributed by atoms with E-state index >= 15 is 0 Å². The summed E-state index contributed by atoms with van der Waals surface area (Å²) in [7, 11) is 3.31. The van der Waals surface area contributed by atoms with Gasteiger partial charge in [-0.3, -0.25) is 4.79 Å². The summed E-state index contributed by atoms with van der Waals surface area (Å²) >= 11 is 0. The number of carbonyl (C=O) groups excluding carboxylic acids is 2. The molecule has 0 radical (unpaired) electrons. The van der Waals surface area contributed by atoms with Crippen molar-refractivity contribution >= 4 is 11.9 Å². The quantitative estimate of drug-likeness (QED) is 0.844. The van der Waals surface area contributed by atoms with E-state index in [0.29, 0.717) is 17.8 Å². The molecule has 3 rings (SSSR count). The van der Waals surface area contributed by atoms with Crippen LogP contribution in [0, 0.1) is 0 Å². The second-order valence-electron chi connectivity index (χ2n) is 5.55. The molecule has 0 saturated heterocycles. The van der Waals surface area contributed by atoms with Crippen molar-refractivity contribution in [3.8, 4) is 5.69 Å². The van der Waals surface area contributed by atoms with Crippen molar-refractivity contribution in [2.24, 2.45) is 5.73 Å². The highest BCUT2D eigenvalue weighted by Gasteiger charge is 2.27. The molecule has 0 unspecified atom stereocenters. The molecule has 120 valence electrons. The first-order valence-corrected chi connectivity index (χ1v) is 7.29. The number of rotatable bonds is 3. The Morgan fingerprint density at radius 1 is 1.30 bits per heavy atom. The molecule has 7 heteroatoms. The van der Waals surface area contributed by atoms with Crippen molar-refractivity contribution < 1.29 is 14.3 Å². The minimum Gasteiger partial charge on any atom is -0.465 e. The van der Waals surface area contributed by atoms with Gasteiger partial charge in [-0.25, -0.2) is 9.48 Å². The molecular weight excluding hydrogens is 296 g/mol. The van der Waals surface area contributed by atoms with Crippen LogP contribution in [0.3, 0.4) is 0 Å². The van der Waals surface area contributed by atoms with Gasteiger partial charge in [0.15, 0.2) is 5.69 Å². The number of para-hydroxylation sites is 1. The van der Waals surface area contributed by atoms with Crippen LogP contribution in [-0.4, -0.2) is 47.3 Å². The fourth-order valence-electron chi connectivity index (χ4n) is 2.89. The van der Waals surface area contributed by atoms with Gasteiger partial charge in [-0.2, -0.15) is 5.10 Å². The number of ether oxygens (including phenoxy) is 1. The SMILES string of the molecule is COC(=O)c1ccccc1-n1nc(C(N)=O)c2c1CCN(C)C2. The van der Waals surface area contributed by atoms with Crippen LogP contribution in [0.2, 0.25) is 0 Å².